The average Bonchev–Trinajstić information content (AvgIpc) is 2.52. The molecule has 0 aromatic heterocycles. The molecule has 0 radical (unpaired) electrons. The minimum Gasteiger partial charge on any atom is -0.459 e. The van der Waals surface area contributed by atoms with Gasteiger partial charge in [-0.25, -0.2) is 0 Å². The van der Waals surface area contributed by atoms with Crippen LogP contribution in [0.25, 0.3) is 0 Å². The van der Waals surface area contributed by atoms with Crippen molar-refractivity contribution in [2.75, 3.05) is 13.7 Å². The van der Waals surface area contributed by atoms with Crippen LogP contribution in [0.1, 0.15) is 20.8 Å². The molecule has 0 aromatic rings. The third-order valence-corrected chi connectivity index (χ3v) is 2.30. The topological polar surface area (TPSA) is 80.3 Å². The van der Waals surface area contributed by atoms with E-state index in [0.717, 1.165) is 0 Å². The van der Waals surface area contributed by atoms with Crippen LogP contribution in [0, 0.1) is 0 Å². The number of carbonyl (C=O) groups excluding carboxylic acids is 2. The fourth-order valence-electron chi connectivity index (χ4n) is 1.71. The van der Waals surface area contributed by atoms with E-state index in [1.807, 2.05) is 0 Å². The van der Waals surface area contributed by atoms with Gasteiger partial charge in [-0.1, -0.05) is 0 Å². The quantitative estimate of drug-likeness (QED) is 0.500. The Morgan fingerprint density at radius 2 is 2.11 bits per heavy atom. The van der Waals surface area contributed by atoms with Gasteiger partial charge in [-0.05, 0) is 13.8 Å². The van der Waals surface area contributed by atoms with Gasteiger partial charge in [0.2, 0.25) is 6.29 Å². The predicted octanol–water partition coefficient (Wildman–Crippen LogP) is 0.215. The number of esters is 1. The van der Waals surface area contributed by atoms with E-state index in [9.17, 15) is 9.59 Å². The molecule has 0 amide bonds. The van der Waals surface area contributed by atoms with Gasteiger partial charge in [0.05, 0.1) is 6.61 Å². The molecular formula is C11H18O7. The van der Waals surface area contributed by atoms with E-state index in [1.165, 1.54) is 14.0 Å². The Balaban J connectivity index is 2.79. The van der Waals surface area contributed by atoms with Crippen molar-refractivity contribution in [3.05, 3.63) is 0 Å². The average molecular weight is 262 g/mol. The lowest BCUT2D eigenvalue weighted by Crippen LogP contribution is -2.41. The summed E-state index contributed by atoms with van der Waals surface area (Å²) in [7, 11) is 1.46. The first-order chi connectivity index (χ1) is 8.39. The Kier molecular flexibility index (Phi) is 5.06. The number of carbonyl (C=O) groups is 2. The fourth-order valence-corrected chi connectivity index (χ4v) is 1.71. The Morgan fingerprint density at radius 1 is 1.44 bits per heavy atom. The molecule has 1 aliphatic rings. The van der Waals surface area contributed by atoms with Gasteiger partial charge in [0.1, 0.15) is 0 Å². The molecule has 0 aromatic carbocycles. The largest absolute Gasteiger partial charge is 0.459 e. The van der Waals surface area contributed by atoms with Crippen molar-refractivity contribution in [2.45, 2.75) is 45.1 Å². The summed E-state index contributed by atoms with van der Waals surface area (Å²) in [6, 6.07) is 0. The van der Waals surface area contributed by atoms with E-state index in [4.69, 9.17) is 23.7 Å². The maximum Gasteiger partial charge on any atom is 0.305 e. The van der Waals surface area contributed by atoms with Crippen molar-refractivity contribution in [1.82, 2.24) is 0 Å². The summed E-state index contributed by atoms with van der Waals surface area (Å²) in [5, 5.41) is 0. The highest BCUT2D eigenvalue weighted by Crippen LogP contribution is 2.31. The van der Waals surface area contributed by atoms with Gasteiger partial charge < -0.3 is 23.7 Å². The molecule has 1 saturated heterocycles. The third-order valence-electron chi connectivity index (χ3n) is 2.30. The second-order valence-corrected chi connectivity index (χ2v) is 4.30. The lowest BCUT2D eigenvalue weighted by molar-refractivity contribution is -0.196. The van der Waals surface area contributed by atoms with Crippen LogP contribution in [0.15, 0.2) is 0 Å². The molecule has 7 heteroatoms. The Labute approximate surface area is 105 Å². The van der Waals surface area contributed by atoms with E-state index >= 15 is 0 Å². The molecule has 18 heavy (non-hydrogen) atoms. The molecule has 0 spiro atoms. The Hall–Kier alpha value is -1.18. The van der Waals surface area contributed by atoms with Crippen LogP contribution in [0.4, 0.5) is 0 Å². The highest BCUT2D eigenvalue weighted by Gasteiger charge is 2.48. The molecule has 3 atom stereocenters. The van der Waals surface area contributed by atoms with E-state index in [0.29, 0.717) is 6.47 Å². The molecule has 7 nitrogen and oxygen atoms in total. The standard InChI is InChI=1S/C11H18O7/c1-7(13)16-10-9(17-11(2,3)18-10)8(5-14-4)15-6-12/h6,8-10H,5H2,1-4H3/t8-,9-,10?/m1/s1. The molecule has 1 heterocycles. The second kappa shape index (κ2) is 6.12. The zero-order valence-corrected chi connectivity index (χ0v) is 10.9. The molecule has 1 fully saturated rings. The van der Waals surface area contributed by atoms with Crippen LogP contribution >= 0.6 is 0 Å². The maximum atomic E-state index is 11.0. The minimum absolute atomic E-state index is 0.112. The van der Waals surface area contributed by atoms with Crippen molar-refractivity contribution < 1.29 is 33.3 Å². The van der Waals surface area contributed by atoms with Crippen LogP contribution in [0.2, 0.25) is 0 Å². The van der Waals surface area contributed by atoms with Crippen molar-refractivity contribution in [2.24, 2.45) is 0 Å². The van der Waals surface area contributed by atoms with E-state index in [-0.39, 0.29) is 6.61 Å². The number of ether oxygens (including phenoxy) is 5. The van der Waals surface area contributed by atoms with Crippen LogP contribution in [0.3, 0.4) is 0 Å². The first-order valence-electron chi connectivity index (χ1n) is 5.50. The van der Waals surface area contributed by atoms with Gasteiger partial charge in [0, 0.05) is 14.0 Å². The highest BCUT2D eigenvalue weighted by atomic mass is 16.8. The molecule has 0 N–H and O–H groups in total. The van der Waals surface area contributed by atoms with Crippen LogP contribution in [-0.4, -0.2) is 50.4 Å². The molecule has 0 bridgehead atoms. The van der Waals surface area contributed by atoms with E-state index in [2.05, 4.69) is 0 Å². The van der Waals surface area contributed by atoms with Crippen LogP contribution in [0.5, 0.6) is 0 Å². The molecule has 104 valence electrons. The summed E-state index contributed by atoms with van der Waals surface area (Å²) in [4.78, 5) is 21.5. The minimum atomic E-state index is -0.933. The van der Waals surface area contributed by atoms with Gasteiger partial charge in [-0.3, -0.25) is 9.59 Å². The van der Waals surface area contributed by atoms with Gasteiger partial charge in [0.15, 0.2) is 18.0 Å². The van der Waals surface area contributed by atoms with E-state index in [1.54, 1.807) is 13.8 Å². The molecule has 0 aliphatic carbocycles. The summed E-state index contributed by atoms with van der Waals surface area (Å²) < 4.78 is 25.8. The predicted molar refractivity (Wildman–Crippen MR) is 58.4 cm³/mol. The summed E-state index contributed by atoms with van der Waals surface area (Å²) in [5.41, 5.74) is 0. The van der Waals surface area contributed by atoms with E-state index < -0.39 is 30.3 Å². The first kappa shape index (κ1) is 14.9. The van der Waals surface area contributed by atoms with Crippen LogP contribution < -0.4 is 0 Å². The summed E-state index contributed by atoms with van der Waals surface area (Å²) in [5.74, 6) is -1.43. The zero-order valence-electron chi connectivity index (χ0n) is 10.9. The number of rotatable bonds is 6. The highest BCUT2D eigenvalue weighted by molar-refractivity contribution is 5.66. The van der Waals surface area contributed by atoms with Crippen molar-refractivity contribution in [3.8, 4) is 0 Å². The smallest absolute Gasteiger partial charge is 0.305 e. The summed E-state index contributed by atoms with van der Waals surface area (Å²) in [6.07, 6.45) is -2.37. The second-order valence-electron chi connectivity index (χ2n) is 4.30. The van der Waals surface area contributed by atoms with Crippen molar-refractivity contribution in [3.63, 3.8) is 0 Å². The van der Waals surface area contributed by atoms with Crippen molar-refractivity contribution in [1.29, 1.82) is 0 Å². The first-order valence-corrected chi connectivity index (χ1v) is 5.50. The molecule has 1 rings (SSSR count). The summed E-state index contributed by atoms with van der Waals surface area (Å²) >= 11 is 0. The van der Waals surface area contributed by atoms with Gasteiger partial charge in [-0.2, -0.15) is 0 Å². The van der Waals surface area contributed by atoms with Crippen LogP contribution in [-0.2, 0) is 33.3 Å². The van der Waals surface area contributed by atoms with Gasteiger partial charge >= 0.3 is 5.97 Å². The normalized spacial score (nSPS) is 27.6. The summed E-state index contributed by atoms with van der Waals surface area (Å²) in [6.45, 7) is 5.02. The lowest BCUT2D eigenvalue weighted by Gasteiger charge is -2.23. The van der Waals surface area contributed by atoms with Gasteiger partial charge in [-0.15, -0.1) is 0 Å². The maximum absolute atomic E-state index is 11.0. The molecule has 1 aliphatic heterocycles. The Morgan fingerprint density at radius 3 is 2.61 bits per heavy atom. The Bertz CT molecular complexity index is 302. The van der Waals surface area contributed by atoms with Gasteiger partial charge in [0.25, 0.3) is 6.47 Å². The number of methoxy groups -OCH3 is 1. The SMILES string of the molecule is COC[C@@H](OC=O)[C@H]1OC(C)(C)OC1OC(C)=O. The molecular weight excluding hydrogens is 244 g/mol. The van der Waals surface area contributed by atoms with Crippen molar-refractivity contribution >= 4 is 12.4 Å². The lowest BCUT2D eigenvalue weighted by atomic mass is 10.2. The monoisotopic (exact) mass is 262 g/mol. The molecule has 1 unspecified atom stereocenters. The zero-order chi connectivity index (χ0) is 13.8. The third kappa shape index (κ3) is 3.94. The number of hydrogen-bond acceptors (Lipinski definition) is 7. The number of hydrogen-bond donors (Lipinski definition) is 0. The fraction of sp³-hybridized carbons (Fsp3) is 0.818. The molecule has 0 saturated carbocycles.